The van der Waals surface area contributed by atoms with Crippen LogP contribution >= 0.6 is 0 Å². The van der Waals surface area contributed by atoms with E-state index >= 15 is 0 Å². The van der Waals surface area contributed by atoms with Crippen LogP contribution in [0.4, 0.5) is 11.4 Å². The minimum Gasteiger partial charge on any atom is -0.495 e. The fourth-order valence-electron chi connectivity index (χ4n) is 2.91. The van der Waals surface area contributed by atoms with Crippen molar-refractivity contribution >= 4 is 17.3 Å². The van der Waals surface area contributed by atoms with Gasteiger partial charge in [-0.3, -0.25) is 14.9 Å². The number of nitrogens with one attached hydrogen (secondary N) is 2. The van der Waals surface area contributed by atoms with Gasteiger partial charge in [-0.1, -0.05) is 19.8 Å². The molecule has 7 heteroatoms. The van der Waals surface area contributed by atoms with Crippen LogP contribution in [0.15, 0.2) is 18.2 Å². The lowest BCUT2D eigenvalue weighted by atomic mass is 9.86. The third-order valence-corrected chi connectivity index (χ3v) is 4.29. The van der Waals surface area contributed by atoms with Crippen LogP contribution in [0.3, 0.4) is 0 Å². The van der Waals surface area contributed by atoms with Gasteiger partial charge in [-0.2, -0.15) is 0 Å². The van der Waals surface area contributed by atoms with Crippen LogP contribution in [0.5, 0.6) is 5.75 Å². The second-order valence-corrected chi connectivity index (χ2v) is 5.93. The molecule has 7 nitrogen and oxygen atoms in total. The van der Waals surface area contributed by atoms with E-state index in [4.69, 9.17) is 4.74 Å². The van der Waals surface area contributed by atoms with Crippen molar-refractivity contribution < 1.29 is 14.5 Å². The van der Waals surface area contributed by atoms with Crippen molar-refractivity contribution in [2.24, 2.45) is 5.92 Å². The number of nitrogens with zero attached hydrogens (tertiary/aromatic N) is 1. The molecule has 1 aromatic rings. The summed E-state index contributed by atoms with van der Waals surface area (Å²) >= 11 is 0. The molecule has 1 saturated carbocycles. The van der Waals surface area contributed by atoms with Crippen molar-refractivity contribution in [3.8, 4) is 5.75 Å². The van der Waals surface area contributed by atoms with Gasteiger partial charge >= 0.3 is 0 Å². The topological polar surface area (TPSA) is 93.5 Å². The Labute approximate surface area is 135 Å². The van der Waals surface area contributed by atoms with Gasteiger partial charge < -0.3 is 15.4 Å². The first kappa shape index (κ1) is 17.1. The van der Waals surface area contributed by atoms with Gasteiger partial charge in [-0.05, 0) is 24.8 Å². The van der Waals surface area contributed by atoms with Gasteiger partial charge in [0.15, 0.2) is 0 Å². The first-order valence-electron chi connectivity index (χ1n) is 7.87. The molecule has 1 aliphatic rings. The van der Waals surface area contributed by atoms with E-state index in [1.54, 1.807) is 0 Å². The molecule has 23 heavy (non-hydrogen) atoms. The van der Waals surface area contributed by atoms with Crippen LogP contribution in [0.2, 0.25) is 0 Å². The highest BCUT2D eigenvalue weighted by Crippen LogP contribution is 2.28. The van der Waals surface area contributed by atoms with Gasteiger partial charge in [0.2, 0.25) is 5.91 Å². The molecule has 2 rings (SSSR count). The number of carbonyl (C=O) groups excluding carboxylic acids is 1. The van der Waals surface area contributed by atoms with Crippen LogP contribution in [0.25, 0.3) is 0 Å². The number of nitro groups is 1. The van der Waals surface area contributed by atoms with Gasteiger partial charge in [-0.15, -0.1) is 0 Å². The van der Waals surface area contributed by atoms with Crippen molar-refractivity contribution in [1.29, 1.82) is 0 Å². The lowest BCUT2D eigenvalue weighted by molar-refractivity contribution is -0.384. The molecule has 0 aromatic heterocycles. The van der Waals surface area contributed by atoms with Crippen molar-refractivity contribution in [1.82, 2.24) is 5.32 Å². The molecule has 0 radical (unpaired) electrons. The summed E-state index contributed by atoms with van der Waals surface area (Å²) in [7, 11) is 1.48. The van der Waals surface area contributed by atoms with E-state index in [1.807, 2.05) is 0 Å². The van der Waals surface area contributed by atoms with Gasteiger partial charge in [0, 0.05) is 18.2 Å². The zero-order chi connectivity index (χ0) is 16.8. The van der Waals surface area contributed by atoms with E-state index in [-0.39, 0.29) is 24.2 Å². The van der Waals surface area contributed by atoms with Crippen LogP contribution < -0.4 is 15.4 Å². The Kier molecular flexibility index (Phi) is 5.78. The quantitative estimate of drug-likeness (QED) is 0.620. The fraction of sp³-hybridized carbons (Fsp3) is 0.562. The molecular weight excluding hydrogens is 298 g/mol. The van der Waals surface area contributed by atoms with Crippen LogP contribution in [0.1, 0.15) is 32.6 Å². The molecule has 126 valence electrons. The van der Waals surface area contributed by atoms with E-state index in [1.165, 1.54) is 31.7 Å². The van der Waals surface area contributed by atoms with E-state index in [0.717, 1.165) is 19.3 Å². The van der Waals surface area contributed by atoms with Crippen molar-refractivity contribution in [2.45, 2.75) is 38.6 Å². The van der Waals surface area contributed by atoms with E-state index in [9.17, 15) is 14.9 Å². The molecule has 1 aliphatic carbocycles. The minimum absolute atomic E-state index is 0.0467. The SMILES string of the molecule is COc1ccc([N+](=O)[O-])cc1NCC(=O)NC1CCCCC1C. The standard InChI is InChI=1S/C16H23N3O4/c1-11-5-3-4-6-13(11)18-16(20)10-17-14-9-12(19(21)22)7-8-15(14)23-2/h7-9,11,13,17H,3-6,10H2,1-2H3,(H,18,20). The Morgan fingerprint density at radius 1 is 1.39 bits per heavy atom. The number of rotatable bonds is 6. The summed E-state index contributed by atoms with van der Waals surface area (Å²) in [6.45, 7) is 2.21. The molecule has 1 amide bonds. The Hall–Kier alpha value is -2.31. The Morgan fingerprint density at radius 3 is 2.78 bits per heavy atom. The third-order valence-electron chi connectivity index (χ3n) is 4.29. The maximum absolute atomic E-state index is 12.1. The molecule has 0 spiro atoms. The molecule has 2 atom stereocenters. The number of nitro benzene ring substituents is 1. The fourth-order valence-corrected chi connectivity index (χ4v) is 2.91. The van der Waals surface area contributed by atoms with Gasteiger partial charge in [0.1, 0.15) is 5.75 Å². The van der Waals surface area contributed by atoms with Crippen LogP contribution in [-0.2, 0) is 4.79 Å². The highest BCUT2D eigenvalue weighted by molar-refractivity contribution is 5.81. The molecule has 1 fully saturated rings. The third kappa shape index (κ3) is 4.58. The number of carbonyl (C=O) groups is 1. The van der Waals surface area contributed by atoms with Crippen molar-refractivity contribution in [2.75, 3.05) is 19.0 Å². The summed E-state index contributed by atoms with van der Waals surface area (Å²) in [4.78, 5) is 22.5. The molecule has 2 N–H and O–H groups in total. The average molecular weight is 321 g/mol. The minimum atomic E-state index is -0.478. The number of methoxy groups -OCH3 is 1. The lowest BCUT2D eigenvalue weighted by Gasteiger charge is -2.29. The van der Waals surface area contributed by atoms with E-state index in [2.05, 4.69) is 17.6 Å². The van der Waals surface area contributed by atoms with E-state index in [0.29, 0.717) is 17.4 Å². The highest BCUT2D eigenvalue weighted by Gasteiger charge is 2.22. The first-order chi connectivity index (χ1) is 11.0. The maximum atomic E-state index is 12.1. The van der Waals surface area contributed by atoms with Gasteiger partial charge in [0.05, 0.1) is 24.3 Å². The number of benzene rings is 1. The molecular formula is C16H23N3O4. The van der Waals surface area contributed by atoms with Crippen molar-refractivity contribution in [3.05, 3.63) is 28.3 Å². The molecule has 0 saturated heterocycles. The number of anilines is 1. The summed E-state index contributed by atoms with van der Waals surface area (Å²) in [5, 5.41) is 16.8. The number of hydrogen-bond donors (Lipinski definition) is 2. The Morgan fingerprint density at radius 2 is 2.13 bits per heavy atom. The second-order valence-electron chi connectivity index (χ2n) is 5.93. The number of non-ortho nitro benzene ring substituents is 1. The maximum Gasteiger partial charge on any atom is 0.271 e. The summed E-state index contributed by atoms with van der Waals surface area (Å²) in [6, 6.07) is 4.47. The predicted molar refractivity (Wildman–Crippen MR) is 87.7 cm³/mol. The largest absolute Gasteiger partial charge is 0.495 e. The number of amides is 1. The van der Waals surface area contributed by atoms with Crippen molar-refractivity contribution in [3.63, 3.8) is 0 Å². The average Bonchev–Trinajstić information content (AvgIpc) is 2.54. The normalized spacial score (nSPS) is 20.6. The van der Waals surface area contributed by atoms with Crippen LogP contribution in [0, 0.1) is 16.0 Å². The van der Waals surface area contributed by atoms with E-state index < -0.39 is 4.92 Å². The number of hydrogen-bond acceptors (Lipinski definition) is 5. The Bertz CT molecular complexity index is 576. The zero-order valence-electron chi connectivity index (χ0n) is 13.5. The zero-order valence-corrected chi connectivity index (χ0v) is 13.5. The summed E-state index contributed by atoms with van der Waals surface area (Å²) in [5.74, 6) is 0.840. The summed E-state index contributed by atoms with van der Waals surface area (Å²) in [6.07, 6.45) is 4.50. The summed E-state index contributed by atoms with van der Waals surface area (Å²) < 4.78 is 5.16. The highest BCUT2D eigenvalue weighted by atomic mass is 16.6. The molecule has 0 bridgehead atoms. The monoisotopic (exact) mass is 321 g/mol. The summed E-state index contributed by atoms with van der Waals surface area (Å²) in [5.41, 5.74) is 0.392. The predicted octanol–water partition coefficient (Wildman–Crippen LogP) is 2.71. The molecule has 0 aliphatic heterocycles. The first-order valence-corrected chi connectivity index (χ1v) is 7.87. The molecule has 1 aromatic carbocycles. The van der Waals surface area contributed by atoms with Crippen LogP contribution in [-0.4, -0.2) is 30.5 Å². The van der Waals surface area contributed by atoms with Gasteiger partial charge in [-0.25, -0.2) is 0 Å². The lowest BCUT2D eigenvalue weighted by Crippen LogP contribution is -2.43. The smallest absolute Gasteiger partial charge is 0.271 e. The second kappa shape index (κ2) is 7.80. The molecule has 2 unspecified atom stereocenters. The molecule has 0 heterocycles. The van der Waals surface area contributed by atoms with Gasteiger partial charge in [0.25, 0.3) is 5.69 Å². The number of ether oxygens (including phenoxy) is 1. The Balaban J connectivity index is 1.95.